The summed E-state index contributed by atoms with van der Waals surface area (Å²) in [5.74, 6) is -0.224. The van der Waals surface area contributed by atoms with Crippen LogP contribution in [-0.4, -0.2) is 49.5 Å². The van der Waals surface area contributed by atoms with Crippen molar-refractivity contribution in [3.05, 3.63) is 81.7 Å². The minimum atomic E-state index is -0.536. The number of amides is 1. The van der Waals surface area contributed by atoms with Gasteiger partial charge in [0.05, 0.1) is 23.8 Å². The van der Waals surface area contributed by atoms with Gasteiger partial charge < -0.3 is 19.1 Å². The number of nitro groups is 1. The van der Waals surface area contributed by atoms with Gasteiger partial charge in [0.2, 0.25) is 0 Å². The Bertz CT molecular complexity index is 1280. The number of hydrogen-bond acceptors (Lipinski definition) is 7. The number of rotatable bonds is 9. The van der Waals surface area contributed by atoms with Crippen LogP contribution >= 0.6 is 0 Å². The fraction of sp³-hybridized carbons (Fsp3) is 0.357. The molecular weight excluding hydrogens is 474 g/mol. The van der Waals surface area contributed by atoms with Gasteiger partial charge in [-0.15, -0.1) is 0 Å². The average molecular weight is 506 g/mol. The molecule has 2 heterocycles. The summed E-state index contributed by atoms with van der Waals surface area (Å²) < 4.78 is 15.5. The van der Waals surface area contributed by atoms with Crippen molar-refractivity contribution < 1.29 is 23.9 Å². The van der Waals surface area contributed by atoms with E-state index in [1.807, 2.05) is 6.07 Å². The highest BCUT2D eigenvalue weighted by molar-refractivity contribution is 6.07. The number of ether oxygens (including phenoxy) is 3. The van der Waals surface area contributed by atoms with Crippen LogP contribution in [0.1, 0.15) is 42.4 Å². The molecule has 2 aromatic carbocycles. The molecule has 4 rings (SSSR count). The number of anilines is 1. The second-order valence-electron chi connectivity index (χ2n) is 9.84. The van der Waals surface area contributed by atoms with Gasteiger partial charge in [-0.3, -0.25) is 19.9 Å². The smallest absolute Gasteiger partial charge is 0.313 e. The van der Waals surface area contributed by atoms with Gasteiger partial charge in [0.25, 0.3) is 5.91 Å². The third-order valence-corrected chi connectivity index (χ3v) is 6.28. The first kappa shape index (κ1) is 26.2. The van der Waals surface area contributed by atoms with Crippen LogP contribution in [0.3, 0.4) is 0 Å². The Hall–Kier alpha value is -3.82. The van der Waals surface area contributed by atoms with Crippen LogP contribution in [-0.2, 0) is 21.3 Å². The molecule has 1 aliphatic heterocycles. The molecule has 37 heavy (non-hydrogen) atoms. The molecule has 9 heteroatoms. The number of benzene rings is 2. The number of pyridine rings is 1. The quantitative estimate of drug-likeness (QED) is 0.171. The summed E-state index contributed by atoms with van der Waals surface area (Å²) >= 11 is 0. The number of methoxy groups -OCH3 is 1. The molecule has 0 saturated carbocycles. The number of fused-ring (bicyclic) bond motifs is 1. The van der Waals surface area contributed by atoms with E-state index in [4.69, 9.17) is 14.2 Å². The van der Waals surface area contributed by atoms with Crippen molar-refractivity contribution in [2.45, 2.75) is 32.6 Å². The van der Waals surface area contributed by atoms with Crippen LogP contribution in [0.25, 0.3) is 11.1 Å². The monoisotopic (exact) mass is 505 g/mol. The third kappa shape index (κ3) is 5.95. The van der Waals surface area contributed by atoms with Crippen molar-refractivity contribution in [1.29, 1.82) is 0 Å². The van der Waals surface area contributed by atoms with E-state index in [-0.39, 0.29) is 29.6 Å². The summed E-state index contributed by atoms with van der Waals surface area (Å²) in [5.41, 5.74) is 4.70. The van der Waals surface area contributed by atoms with Crippen LogP contribution in [0.5, 0.6) is 5.75 Å². The first-order chi connectivity index (χ1) is 17.7. The molecule has 1 aliphatic rings. The predicted octanol–water partition coefficient (Wildman–Crippen LogP) is 5.16. The minimum Gasteiger partial charge on any atom is -0.460 e. The summed E-state index contributed by atoms with van der Waals surface area (Å²) in [7, 11) is 1.55. The lowest BCUT2D eigenvalue weighted by molar-refractivity contribution is -0.386. The number of carbonyl (C=O) groups excluding carboxylic acids is 1. The second-order valence-corrected chi connectivity index (χ2v) is 9.84. The van der Waals surface area contributed by atoms with Gasteiger partial charge in [-0.05, 0) is 46.7 Å². The van der Waals surface area contributed by atoms with E-state index in [0.717, 1.165) is 16.7 Å². The molecule has 0 unspecified atom stereocenters. The Morgan fingerprint density at radius 3 is 2.49 bits per heavy atom. The Kier molecular flexibility index (Phi) is 7.85. The van der Waals surface area contributed by atoms with Crippen molar-refractivity contribution in [3.63, 3.8) is 0 Å². The maximum absolute atomic E-state index is 13.3. The summed E-state index contributed by atoms with van der Waals surface area (Å²) in [6, 6.07) is 14.9. The first-order valence-corrected chi connectivity index (χ1v) is 12.1. The van der Waals surface area contributed by atoms with E-state index in [2.05, 4.69) is 50.0 Å². The van der Waals surface area contributed by atoms with E-state index < -0.39 is 4.92 Å². The van der Waals surface area contributed by atoms with Crippen LogP contribution in [0.2, 0.25) is 0 Å². The molecule has 0 spiro atoms. The van der Waals surface area contributed by atoms with Gasteiger partial charge in [-0.1, -0.05) is 45.0 Å². The molecule has 0 radical (unpaired) electrons. The van der Waals surface area contributed by atoms with Crippen molar-refractivity contribution in [1.82, 2.24) is 4.98 Å². The van der Waals surface area contributed by atoms with E-state index in [1.165, 1.54) is 22.6 Å². The largest absolute Gasteiger partial charge is 0.460 e. The molecule has 1 aromatic heterocycles. The van der Waals surface area contributed by atoms with Gasteiger partial charge >= 0.3 is 5.69 Å². The topological polar surface area (TPSA) is 104 Å². The maximum Gasteiger partial charge on any atom is 0.313 e. The highest BCUT2D eigenvalue weighted by Crippen LogP contribution is 2.34. The lowest BCUT2D eigenvalue weighted by Crippen LogP contribution is -2.38. The number of nitro benzene ring substituents is 1. The number of hydrogen-bond donors (Lipinski definition) is 0. The number of nitrogens with zero attached hydrogens (tertiary/aromatic N) is 3. The molecule has 0 N–H and O–H groups in total. The Balaban J connectivity index is 1.52. The third-order valence-electron chi connectivity index (χ3n) is 6.28. The summed E-state index contributed by atoms with van der Waals surface area (Å²) in [6.07, 6.45) is 2.29. The average Bonchev–Trinajstić information content (AvgIpc) is 2.88. The zero-order valence-electron chi connectivity index (χ0n) is 21.5. The van der Waals surface area contributed by atoms with E-state index >= 15 is 0 Å². The molecule has 1 amide bonds. The molecule has 0 bridgehead atoms. The van der Waals surface area contributed by atoms with Gasteiger partial charge in [0.15, 0.2) is 12.5 Å². The summed E-state index contributed by atoms with van der Waals surface area (Å²) in [6.45, 7) is 7.46. The lowest BCUT2D eigenvalue weighted by atomic mass is 9.86. The normalized spacial score (nSPS) is 13.4. The molecule has 9 nitrogen and oxygen atoms in total. The van der Waals surface area contributed by atoms with Crippen molar-refractivity contribution in [2.24, 2.45) is 0 Å². The highest BCUT2D eigenvalue weighted by atomic mass is 16.7. The fourth-order valence-corrected chi connectivity index (χ4v) is 4.17. The SMILES string of the molecule is COCCOCOc1ccc(N2CCc3cc(-c4ccc(C(C)(C)C)cc4)cnc3C2=O)cc1[N+](=O)[O-]. The van der Waals surface area contributed by atoms with Crippen LogP contribution in [0, 0.1) is 10.1 Å². The van der Waals surface area contributed by atoms with Gasteiger partial charge in [-0.2, -0.15) is 0 Å². The standard InChI is InChI=1S/C28H31N3O6/c1-28(2,3)22-7-5-19(6-8-22)21-15-20-11-12-30(27(32)26(20)29-17-21)23-9-10-25(24(16-23)31(33)34)37-18-36-14-13-35-4/h5-10,15-17H,11-14,18H2,1-4H3. The minimum absolute atomic E-state index is 0.0660. The molecule has 3 aromatic rings. The van der Waals surface area contributed by atoms with Gasteiger partial charge in [0, 0.05) is 31.5 Å². The lowest BCUT2D eigenvalue weighted by Gasteiger charge is -2.28. The Morgan fingerprint density at radius 1 is 1.05 bits per heavy atom. The zero-order chi connectivity index (χ0) is 26.6. The van der Waals surface area contributed by atoms with Crippen LogP contribution in [0.4, 0.5) is 11.4 Å². The molecular formula is C28H31N3O6. The van der Waals surface area contributed by atoms with E-state index in [9.17, 15) is 14.9 Å². The molecule has 0 saturated heterocycles. The Morgan fingerprint density at radius 2 is 1.81 bits per heavy atom. The van der Waals surface area contributed by atoms with E-state index in [0.29, 0.717) is 37.6 Å². The molecule has 194 valence electrons. The van der Waals surface area contributed by atoms with E-state index in [1.54, 1.807) is 19.4 Å². The summed E-state index contributed by atoms with van der Waals surface area (Å²) in [4.78, 5) is 30.4. The van der Waals surface area contributed by atoms with Crippen molar-refractivity contribution in [3.8, 4) is 16.9 Å². The van der Waals surface area contributed by atoms with Crippen molar-refractivity contribution in [2.75, 3.05) is 38.6 Å². The predicted molar refractivity (Wildman–Crippen MR) is 140 cm³/mol. The fourth-order valence-electron chi connectivity index (χ4n) is 4.17. The van der Waals surface area contributed by atoms with Crippen molar-refractivity contribution >= 4 is 17.3 Å². The number of carbonyl (C=O) groups is 1. The van der Waals surface area contributed by atoms with Crippen LogP contribution in [0.15, 0.2) is 54.7 Å². The maximum atomic E-state index is 13.3. The second kappa shape index (κ2) is 11.1. The first-order valence-electron chi connectivity index (χ1n) is 12.1. The van der Waals surface area contributed by atoms with Crippen LogP contribution < -0.4 is 9.64 Å². The molecule has 0 aliphatic carbocycles. The van der Waals surface area contributed by atoms with Gasteiger partial charge in [-0.25, -0.2) is 0 Å². The Labute approximate surface area is 216 Å². The van der Waals surface area contributed by atoms with Gasteiger partial charge in [0.1, 0.15) is 5.69 Å². The summed E-state index contributed by atoms with van der Waals surface area (Å²) in [5, 5.41) is 11.7. The highest BCUT2D eigenvalue weighted by Gasteiger charge is 2.29. The molecule has 0 fully saturated rings. The molecule has 0 atom stereocenters. The zero-order valence-corrected chi connectivity index (χ0v) is 21.5. The number of aromatic nitrogens is 1.